The van der Waals surface area contributed by atoms with E-state index < -0.39 is 0 Å². The molecule has 1 heteroatoms. The summed E-state index contributed by atoms with van der Waals surface area (Å²) in [5, 5.41) is 0. The Hall–Kier alpha value is -1.86. The third kappa shape index (κ3) is 2.95. The van der Waals surface area contributed by atoms with Crippen molar-refractivity contribution in [3.8, 4) is 0 Å². The molecule has 0 radical (unpaired) electrons. The van der Waals surface area contributed by atoms with Crippen LogP contribution in [0.5, 0.6) is 0 Å². The summed E-state index contributed by atoms with van der Waals surface area (Å²) in [5.41, 5.74) is 10.6. The highest BCUT2D eigenvalue weighted by atomic mass is 15.1. The topological polar surface area (TPSA) is 3.24 Å². The first-order valence-corrected chi connectivity index (χ1v) is 9.85. The zero-order chi connectivity index (χ0) is 17.4. The molecule has 0 saturated carbocycles. The molecule has 4 rings (SSSR count). The number of aryl methyl sites for hydroxylation is 1. The van der Waals surface area contributed by atoms with E-state index in [9.17, 15) is 0 Å². The van der Waals surface area contributed by atoms with Crippen LogP contribution < -0.4 is 0 Å². The lowest BCUT2D eigenvalue weighted by atomic mass is 9.81. The molecule has 0 saturated heterocycles. The minimum atomic E-state index is 0.687. The maximum absolute atomic E-state index is 2.65. The maximum Gasteiger partial charge on any atom is 0.0139 e. The van der Waals surface area contributed by atoms with Crippen molar-refractivity contribution in [2.75, 3.05) is 13.1 Å². The molecule has 0 amide bonds. The lowest BCUT2D eigenvalue weighted by molar-refractivity contribution is 0.208. The van der Waals surface area contributed by atoms with Crippen LogP contribution in [0.25, 0.3) is 11.1 Å². The molecule has 2 aromatic carbocycles. The second-order valence-electron chi connectivity index (χ2n) is 7.57. The molecule has 0 heterocycles. The van der Waals surface area contributed by atoms with Gasteiger partial charge in [0.2, 0.25) is 0 Å². The van der Waals surface area contributed by atoms with Crippen LogP contribution in [0.2, 0.25) is 0 Å². The molecule has 0 aliphatic heterocycles. The number of hydrogen-bond acceptors (Lipinski definition) is 1. The third-order valence-corrected chi connectivity index (χ3v) is 6.17. The molecule has 0 spiro atoms. The summed E-state index contributed by atoms with van der Waals surface area (Å²) in [6.45, 7) is 9.13. The van der Waals surface area contributed by atoms with Crippen LogP contribution in [-0.2, 0) is 6.42 Å². The van der Waals surface area contributed by atoms with Crippen molar-refractivity contribution in [3.05, 3.63) is 70.3 Å². The van der Waals surface area contributed by atoms with Gasteiger partial charge < -0.3 is 4.90 Å². The molecule has 2 aliphatic carbocycles. The van der Waals surface area contributed by atoms with E-state index in [1.54, 1.807) is 11.1 Å². The Labute approximate surface area is 152 Å². The molecular weight excluding hydrogens is 302 g/mol. The van der Waals surface area contributed by atoms with Crippen LogP contribution in [0.3, 0.4) is 0 Å². The van der Waals surface area contributed by atoms with Gasteiger partial charge in [-0.3, -0.25) is 0 Å². The van der Waals surface area contributed by atoms with Gasteiger partial charge in [0.25, 0.3) is 0 Å². The Morgan fingerprint density at radius 3 is 2.48 bits per heavy atom. The number of nitrogens with zero attached hydrogens (tertiary/aromatic N) is 1. The van der Waals surface area contributed by atoms with Gasteiger partial charge in [0.05, 0.1) is 0 Å². The number of rotatable bonds is 3. The van der Waals surface area contributed by atoms with Gasteiger partial charge in [0, 0.05) is 6.04 Å². The minimum absolute atomic E-state index is 0.687. The van der Waals surface area contributed by atoms with Gasteiger partial charge in [-0.25, -0.2) is 0 Å². The molecule has 0 aromatic heterocycles. The van der Waals surface area contributed by atoms with Gasteiger partial charge >= 0.3 is 0 Å². The molecule has 2 aromatic rings. The van der Waals surface area contributed by atoms with Crippen molar-refractivity contribution in [3.63, 3.8) is 0 Å². The number of benzene rings is 2. The van der Waals surface area contributed by atoms with E-state index in [0.29, 0.717) is 6.04 Å². The van der Waals surface area contributed by atoms with Crippen molar-refractivity contribution in [1.29, 1.82) is 0 Å². The highest BCUT2D eigenvalue weighted by Crippen LogP contribution is 2.44. The average molecular weight is 332 g/mol. The van der Waals surface area contributed by atoms with Crippen LogP contribution in [0, 0.1) is 6.92 Å². The second kappa shape index (κ2) is 6.80. The van der Waals surface area contributed by atoms with E-state index in [0.717, 1.165) is 19.5 Å². The highest BCUT2D eigenvalue weighted by Gasteiger charge is 2.29. The summed E-state index contributed by atoms with van der Waals surface area (Å²) >= 11 is 0. The summed E-state index contributed by atoms with van der Waals surface area (Å²) in [6.07, 6.45) is 4.76. The number of hydrogen-bond donors (Lipinski definition) is 0. The van der Waals surface area contributed by atoms with E-state index in [4.69, 9.17) is 0 Å². The fourth-order valence-corrected chi connectivity index (χ4v) is 4.84. The molecule has 25 heavy (non-hydrogen) atoms. The molecule has 1 atom stereocenters. The fourth-order valence-electron chi connectivity index (χ4n) is 4.84. The van der Waals surface area contributed by atoms with E-state index >= 15 is 0 Å². The SMILES string of the molecule is CCN(CC)C1CCC2=C(C1)c1cc(C)ccc1Cc1ccccc12. The molecule has 130 valence electrons. The summed E-state index contributed by atoms with van der Waals surface area (Å²) < 4.78 is 0. The summed E-state index contributed by atoms with van der Waals surface area (Å²) in [7, 11) is 0. The Kier molecular flexibility index (Phi) is 4.52. The van der Waals surface area contributed by atoms with E-state index in [2.05, 4.69) is 68.1 Å². The van der Waals surface area contributed by atoms with Crippen LogP contribution in [0.15, 0.2) is 42.5 Å². The van der Waals surface area contributed by atoms with Crippen LogP contribution in [-0.4, -0.2) is 24.0 Å². The molecule has 0 N–H and O–H groups in total. The summed E-state index contributed by atoms with van der Waals surface area (Å²) in [6, 6.07) is 16.8. The molecule has 1 nitrogen and oxygen atoms in total. The first-order valence-electron chi connectivity index (χ1n) is 9.85. The second-order valence-corrected chi connectivity index (χ2v) is 7.57. The maximum atomic E-state index is 2.65. The van der Waals surface area contributed by atoms with Crippen LogP contribution in [0.4, 0.5) is 0 Å². The van der Waals surface area contributed by atoms with Gasteiger partial charge in [-0.05, 0) is 79.1 Å². The number of allylic oxidation sites excluding steroid dienone is 1. The zero-order valence-electron chi connectivity index (χ0n) is 15.8. The van der Waals surface area contributed by atoms with E-state index in [1.807, 2.05) is 0 Å². The summed E-state index contributed by atoms with van der Waals surface area (Å²) in [5.74, 6) is 0. The monoisotopic (exact) mass is 331 g/mol. The van der Waals surface area contributed by atoms with Gasteiger partial charge in [0.15, 0.2) is 0 Å². The lowest BCUT2D eigenvalue weighted by Gasteiger charge is -2.35. The van der Waals surface area contributed by atoms with Crippen molar-refractivity contribution in [2.24, 2.45) is 0 Å². The van der Waals surface area contributed by atoms with Crippen LogP contribution in [0.1, 0.15) is 60.9 Å². The van der Waals surface area contributed by atoms with Crippen molar-refractivity contribution < 1.29 is 0 Å². The molecule has 2 aliphatic rings. The van der Waals surface area contributed by atoms with Crippen LogP contribution >= 0.6 is 0 Å². The Balaban J connectivity index is 1.87. The van der Waals surface area contributed by atoms with Crippen molar-refractivity contribution >= 4 is 11.1 Å². The first kappa shape index (κ1) is 16.6. The minimum Gasteiger partial charge on any atom is -0.301 e. The fraction of sp³-hybridized carbons (Fsp3) is 0.417. The Morgan fingerprint density at radius 1 is 0.920 bits per heavy atom. The normalized spacial score (nSPS) is 19.3. The van der Waals surface area contributed by atoms with E-state index in [-0.39, 0.29) is 0 Å². The predicted molar refractivity (Wildman–Crippen MR) is 108 cm³/mol. The molecule has 0 bridgehead atoms. The molecule has 0 fully saturated rings. The van der Waals surface area contributed by atoms with Gasteiger partial charge in [-0.1, -0.05) is 61.9 Å². The lowest BCUT2D eigenvalue weighted by Crippen LogP contribution is -2.36. The van der Waals surface area contributed by atoms with Crippen molar-refractivity contribution in [2.45, 2.75) is 52.5 Å². The van der Waals surface area contributed by atoms with Crippen molar-refractivity contribution in [1.82, 2.24) is 4.90 Å². The van der Waals surface area contributed by atoms with Gasteiger partial charge in [0.1, 0.15) is 0 Å². The third-order valence-electron chi connectivity index (χ3n) is 6.17. The number of fused-ring (bicyclic) bond motifs is 4. The smallest absolute Gasteiger partial charge is 0.0139 e. The Morgan fingerprint density at radius 2 is 1.68 bits per heavy atom. The predicted octanol–water partition coefficient (Wildman–Crippen LogP) is 5.70. The highest BCUT2D eigenvalue weighted by molar-refractivity contribution is 5.95. The van der Waals surface area contributed by atoms with E-state index in [1.165, 1.54) is 47.1 Å². The first-order chi connectivity index (χ1) is 12.2. The molecular formula is C24H29N. The van der Waals surface area contributed by atoms with Gasteiger partial charge in [-0.15, -0.1) is 0 Å². The molecule has 1 unspecified atom stereocenters. The quantitative estimate of drug-likeness (QED) is 0.697. The Bertz CT molecular complexity index is 811. The standard InChI is InChI=1S/C24H29N/c1-4-25(5-2)20-12-13-22-21-9-7-6-8-18(21)15-19-11-10-17(3)14-23(19)24(22)16-20/h6-11,14,20H,4-5,12-13,15-16H2,1-3H3. The van der Waals surface area contributed by atoms with Gasteiger partial charge in [-0.2, -0.15) is 0 Å². The zero-order valence-corrected chi connectivity index (χ0v) is 15.8. The largest absolute Gasteiger partial charge is 0.301 e. The summed E-state index contributed by atoms with van der Waals surface area (Å²) in [4.78, 5) is 2.65. The average Bonchev–Trinajstić information content (AvgIpc) is 2.77.